The Bertz CT molecular complexity index is 654. The van der Waals surface area contributed by atoms with Gasteiger partial charge in [-0.1, -0.05) is 18.2 Å². The van der Waals surface area contributed by atoms with Crippen LogP contribution < -0.4 is 4.90 Å². The van der Waals surface area contributed by atoms with Crippen LogP contribution in [0.3, 0.4) is 0 Å². The van der Waals surface area contributed by atoms with Crippen molar-refractivity contribution in [2.24, 2.45) is 0 Å². The third kappa shape index (κ3) is 3.74. The summed E-state index contributed by atoms with van der Waals surface area (Å²) in [6, 6.07) is 12.1. The van der Waals surface area contributed by atoms with Gasteiger partial charge in [-0.05, 0) is 23.8 Å². The van der Waals surface area contributed by atoms with Gasteiger partial charge in [-0.15, -0.1) is 0 Å². The van der Waals surface area contributed by atoms with Gasteiger partial charge in [0.05, 0.1) is 19.4 Å². The molecule has 5 nitrogen and oxygen atoms in total. The van der Waals surface area contributed by atoms with Gasteiger partial charge < -0.3 is 14.2 Å². The molecule has 0 atom stereocenters. The number of anilines is 1. The Balaban J connectivity index is 1.62. The van der Waals surface area contributed by atoms with E-state index in [9.17, 15) is 4.79 Å². The normalized spacial score (nSPS) is 15.1. The lowest BCUT2D eigenvalue weighted by Gasteiger charge is -2.23. The van der Waals surface area contributed by atoms with Gasteiger partial charge in [0.1, 0.15) is 5.76 Å². The van der Waals surface area contributed by atoms with Crippen molar-refractivity contribution < 1.29 is 9.21 Å². The Hall–Kier alpha value is -2.27. The maximum atomic E-state index is 12.5. The molecule has 0 unspecified atom stereocenters. The number of hydrogen-bond donors (Lipinski definition) is 0. The zero-order valence-electron chi connectivity index (χ0n) is 13.7. The fourth-order valence-electron chi connectivity index (χ4n) is 2.92. The number of furan rings is 1. The Labute approximate surface area is 137 Å². The molecule has 1 aromatic heterocycles. The molecule has 2 aromatic rings. The van der Waals surface area contributed by atoms with E-state index in [1.165, 1.54) is 11.3 Å². The van der Waals surface area contributed by atoms with Crippen molar-refractivity contribution >= 4 is 11.6 Å². The molecule has 1 aliphatic rings. The standard InChI is InChI=1S/C18H23N3O2/c1-19-9-10-21(12-15-6-3-4-8-17(15)19)14-18(22)20(2)13-16-7-5-11-23-16/h3-8,11H,9-10,12-14H2,1-2H3. The lowest BCUT2D eigenvalue weighted by Crippen LogP contribution is -2.39. The maximum Gasteiger partial charge on any atom is 0.236 e. The number of benzene rings is 1. The van der Waals surface area contributed by atoms with Gasteiger partial charge in [-0.2, -0.15) is 0 Å². The van der Waals surface area contributed by atoms with Gasteiger partial charge in [0.15, 0.2) is 0 Å². The molecule has 0 saturated heterocycles. The van der Waals surface area contributed by atoms with Crippen molar-refractivity contribution in [3.63, 3.8) is 0 Å². The van der Waals surface area contributed by atoms with Gasteiger partial charge in [0.2, 0.25) is 5.91 Å². The van der Waals surface area contributed by atoms with Crippen LogP contribution in [0.5, 0.6) is 0 Å². The highest BCUT2D eigenvalue weighted by Gasteiger charge is 2.20. The second kappa shape index (κ2) is 6.87. The molecule has 1 amide bonds. The number of carbonyl (C=O) groups is 1. The molecule has 0 saturated carbocycles. The lowest BCUT2D eigenvalue weighted by atomic mass is 10.1. The van der Waals surface area contributed by atoms with E-state index in [-0.39, 0.29) is 5.91 Å². The first-order valence-electron chi connectivity index (χ1n) is 7.91. The third-order valence-electron chi connectivity index (χ3n) is 4.31. The number of rotatable bonds is 4. The molecule has 1 aromatic carbocycles. The van der Waals surface area contributed by atoms with Gasteiger partial charge in [0, 0.05) is 39.4 Å². The van der Waals surface area contributed by atoms with Gasteiger partial charge in [-0.3, -0.25) is 9.69 Å². The fourth-order valence-corrected chi connectivity index (χ4v) is 2.92. The average Bonchev–Trinajstić information content (AvgIpc) is 3.00. The molecule has 0 N–H and O–H groups in total. The molecule has 5 heteroatoms. The van der Waals surface area contributed by atoms with E-state index in [1.807, 2.05) is 19.2 Å². The third-order valence-corrected chi connectivity index (χ3v) is 4.31. The Kier molecular flexibility index (Phi) is 4.67. The number of carbonyl (C=O) groups excluding carboxylic acids is 1. The highest BCUT2D eigenvalue weighted by molar-refractivity contribution is 5.78. The molecule has 1 aliphatic heterocycles. The van der Waals surface area contributed by atoms with Crippen molar-refractivity contribution in [1.29, 1.82) is 0 Å². The molecule has 0 aliphatic carbocycles. The molecule has 3 rings (SSSR count). The van der Waals surface area contributed by atoms with Crippen LogP contribution >= 0.6 is 0 Å². The molecular formula is C18H23N3O2. The number of likely N-dealkylation sites (N-methyl/N-ethyl adjacent to an activating group) is 2. The van der Waals surface area contributed by atoms with Gasteiger partial charge >= 0.3 is 0 Å². The van der Waals surface area contributed by atoms with E-state index in [2.05, 4.69) is 41.1 Å². The van der Waals surface area contributed by atoms with Crippen molar-refractivity contribution in [3.05, 3.63) is 54.0 Å². The van der Waals surface area contributed by atoms with Crippen LogP contribution in [0.4, 0.5) is 5.69 Å². The van der Waals surface area contributed by atoms with E-state index >= 15 is 0 Å². The second-order valence-corrected chi connectivity index (χ2v) is 6.09. The largest absolute Gasteiger partial charge is 0.467 e. The summed E-state index contributed by atoms with van der Waals surface area (Å²) in [5.74, 6) is 0.922. The highest BCUT2D eigenvalue weighted by Crippen LogP contribution is 2.23. The SMILES string of the molecule is CN(Cc1ccco1)C(=O)CN1CCN(C)c2ccccc2C1. The predicted molar refractivity (Wildman–Crippen MR) is 90.2 cm³/mol. The maximum absolute atomic E-state index is 12.5. The van der Waals surface area contributed by atoms with E-state index in [0.29, 0.717) is 13.1 Å². The number of fused-ring (bicyclic) bond motifs is 1. The number of amides is 1. The predicted octanol–water partition coefficient (Wildman–Crippen LogP) is 2.19. The van der Waals surface area contributed by atoms with Crippen molar-refractivity contribution in [3.8, 4) is 0 Å². The summed E-state index contributed by atoms with van der Waals surface area (Å²) in [4.78, 5) is 18.7. The summed E-state index contributed by atoms with van der Waals surface area (Å²) in [5.41, 5.74) is 2.53. The number of nitrogens with zero attached hydrogens (tertiary/aromatic N) is 3. The summed E-state index contributed by atoms with van der Waals surface area (Å²) >= 11 is 0. The fraction of sp³-hybridized carbons (Fsp3) is 0.389. The molecule has 0 bridgehead atoms. The van der Waals surface area contributed by atoms with Crippen molar-refractivity contribution in [2.75, 3.05) is 38.6 Å². The van der Waals surface area contributed by atoms with E-state index in [0.717, 1.165) is 25.4 Å². The first kappa shape index (κ1) is 15.6. The Morgan fingerprint density at radius 2 is 2.04 bits per heavy atom. The smallest absolute Gasteiger partial charge is 0.236 e. The monoisotopic (exact) mass is 313 g/mol. The van der Waals surface area contributed by atoms with E-state index in [4.69, 9.17) is 4.42 Å². The molecule has 0 fully saturated rings. The highest BCUT2D eigenvalue weighted by atomic mass is 16.3. The zero-order valence-corrected chi connectivity index (χ0v) is 13.7. The van der Waals surface area contributed by atoms with Gasteiger partial charge in [0.25, 0.3) is 0 Å². The minimum atomic E-state index is 0.114. The summed E-state index contributed by atoms with van der Waals surface area (Å²) in [6.07, 6.45) is 1.63. The van der Waals surface area contributed by atoms with Crippen molar-refractivity contribution in [1.82, 2.24) is 9.80 Å². The van der Waals surface area contributed by atoms with Gasteiger partial charge in [-0.25, -0.2) is 0 Å². The minimum absolute atomic E-state index is 0.114. The first-order chi connectivity index (χ1) is 11.1. The van der Waals surface area contributed by atoms with E-state index < -0.39 is 0 Å². The van der Waals surface area contributed by atoms with Crippen LogP contribution in [-0.2, 0) is 17.9 Å². The first-order valence-corrected chi connectivity index (χ1v) is 7.91. The molecule has 2 heterocycles. The summed E-state index contributed by atoms with van der Waals surface area (Å²) < 4.78 is 5.31. The summed E-state index contributed by atoms with van der Waals surface area (Å²) in [6.45, 7) is 3.55. The zero-order chi connectivity index (χ0) is 16.2. The molecule has 0 spiro atoms. The molecule has 23 heavy (non-hydrogen) atoms. The quantitative estimate of drug-likeness (QED) is 0.867. The topological polar surface area (TPSA) is 39.9 Å². The number of para-hydroxylation sites is 1. The van der Waals surface area contributed by atoms with Crippen LogP contribution in [0, 0.1) is 0 Å². The van der Waals surface area contributed by atoms with E-state index in [1.54, 1.807) is 11.2 Å². The Morgan fingerprint density at radius 1 is 1.22 bits per heavy atom. The molecular weight excluding hydrogens is 290 g/mol. The average molecular weight is 313 g/mol. The van der Waals surface area contributed by atoms with Crippen LogP contribution in [0.1, 0.15) is 11.3 Å². The Morgan fingerprint density at radius 3 is 2.83 bits per heavy atom. The van der Waals surface area contributed by atoms with Crippen LogP contribution in [-0.4, -0.2) is 49.4 Å². The van der Waals surface area contributed by atoms with Crippen LogP contribution in [0.25, 0.3) is 0 Å². The second-order valence-electron chi connectivity index (χ2n) is 6.09. The summed E-state index contributed by atoms with van der Waals surface area (Å²) in [5, 5.41) is 0. The van der Waals surface area contributed by atoms with Crippen LogP contribution in [0.2, 0.25) is 0 Å². The molecule has 0 radical (unpaired) electrons. The number of hydrogen-bond acceptors (Lipinski definition) is 4. The van der Waals surface area contributed by atoms with Crippen molar-refractivity contribution in [2.45, 2.75) is 13.1 Å². The van der Waals surface area contributed by atoms with Crippen LogP contribution in [0.15, 0.2) is 47.1 Å². The minimum Gasteiger partial charge on any atom is -0.467 e. The molecule has 122 valence electrons. The summed E-state index contributed by atoms with van der Waals surface area (Å²) in [7, 11) is 3.93. The lowest BCUT2D eigenvalue weighted by molar-refractivity contribution is -0.132.